The lowest BCUT2D eigenvalue weighted by atomic mass is 10.1. The van der Waals surface area contributed by atoms with Crippen LogP contribution in [0.5, 0.6) is 0 Å². The third kappa shape index (κ3) is 2.97. The molecule has 4 heteroatoms. The molecule has 0 saturated carbocycles. The van der Waals surface area contributed by atoms with Crippen LogP contribution in [-0.2, 0) is 4.79 Å². The number of hydrogen-bond acceptors (Lipinski definition) is 3. The first-order valence-electron chi connectivity index (χ1n) is 4.56. The van der Waals surface area contributed by atoms with Crippen molar-refractivity contribution < 1.29 is 4.79 Å². The van der Waals surface area contributed by atoms with E-state index in [1.807, 2.05) is 0 Å². The first-order chi connectivity index (χ1) is 7.67. The van der Waals surface area contributed by atoms with Gasteiger partial charge in [-0.1, -0.05) is 18.2 Å². The number of allylic oxidation sites excluding steroid dienone is 1. The van der Waals surface area contributed by atoms with Crippen LogP contribution in [0.3, 0.4) is 0 Å². The van der Waals surface area contributed by atoms with Crippen LogP contribution in [0, 0.1) is 22.7 Å². The third-order valence-electron chi connectivity index (χ3n) is 1.81. The fraction of sp³-hybridized carbons (Fsp3) is 0.0833. The number of para-hydroxylation sites is 1. The molecule has 4 nitrogen and oxygen atoms in total. The Kier molecular flexibility index (Phi) is 3.83. The van der Waals surface area contributed by atoms with Crippen LogP contribution < -0.4 is 5.32 Å². The molecule has 0 aliphatic carbocycles. The Labute approximate surface area is 93.4 Å². The second-order valence-electron chi connectivity index (χ2n) is 3.05. The second-order valence-corrected chi connectivity index (χ2v) is 3.05. The Balaban J connectivity index is 3.15. The van der Waals surface area contributed by atoms with Gasteiger partial charge in [0.2, 0.25) is 5.91 Å². The molecule has 1 amide bonds. The van der Waals surface area contributed by atoms with E-state index in [9.17, 15) is 4.79 Å². The van der Waals surface area contributed by atoms with Gasteiger partial charge in [0.25, 0.3) is 0 Å². The average molecular weight is 211 g/mol. The number of amides is 1. The number of hydrogen-bond donors (Lipinski definition) is 1. The van der Waals surface area contributed by atoms with Crippen LogP contribution >= 0.6 is 0 Å². The molecule has 0 saturated heterocycles. The van der Waals surface area contributed by atoms with Crippen LogP contribution in [0.1, 0.15) is 12.5 Å². The fourth-order valence-corrected chi connectivity index (χ4v) is 1.17. The molecular formula is C12H9N3O. The fourth-order valence-electron chi connectivity index (χ4n) is 1.17. The summed E-state index contributed by atoms with van der Waals surface area (Å²) in [5.74, 6) is -0.198. The lowest BCUT2D eigenvalue weighted by Crippen LogP contribution is -2.06. The maximum absolute atomic E-state index is 10.9. The van der Waals surface area contributed by atoms with Crippen LogP contribution in [0.25, 0.3) is 6.08 Å². The first-order valence-corrected chi connectivity index (χ1v) is 4.56. The highest BCUT2D eigenvalue weighted by Crippen LogP contribution is 2.17. The van der Waals surface area contributed by atoms with Crippen LogP contribution in [-0.4, -0.2) is 5.91 Å². The largest absolute Gasteiger partial charge is 0.326 e. The molecular weight excluding hydrogens is 202 g/mol. The van der Waals surface area contributed by atoms with Gasteiger partial charge in [0, 0.05) is 18.2 Å². The van der Waals surface area contributed by atoms with Gasteiger partial charge in [-0.2, -0.15) is 10.5 Å². The molecule has 0 bridgehead atoms. The molecule has 0 heterocycles. The number of nitrogens with one attached hydrogen (secondary N) is 1. The van der Waals surface area contributed by atoms with E-state index >= 15 is 0 Å². The summed E-state index contributed by atoms with van der Waals surface area (Å²) in [6.45, 7) is 1.40. The maximum atomic E-state index is 10.9. The molecule has 0 radical (unpaired) electrons. The molecule has 0 aromatic heterocycles. The quantitative estimate of drug-likeness (QED) is 0.761. The topological polar surface area (TPSA) is 76.7 Å². The lowest BCUT2D eigenvalue weighted by Gasteiger charge is -2.05. The van der Waals surface area contributed by atoms with Crippen molar-refractivity contribution in [3.05, 3.63) is 35.4 Å². The van der Waals surface area contributed by atoms with E-state index in [2.05, 4.69) is 5.32 Å². The van der Waals surface area contributed by atoms with E-state index in [-0.39, 0.29) is 11.5 Å². The maximum Gasteiger partial charge on any atom is 0.221 e. The molecule has 78 valence electrons. The third-order valence-corrected chi connectivity index (χ3v) is 1.81. The van der Waals surface area contributed by atoms with E-state index in [0.29, 0.717) is 11.3 Å². The molecule has 0 fully saturated rings. The SMILES string of the molecule is CC(=O)Nc1ccccc1C=C(C#N)C#N. The Hall–Kier alpha value is -2.59. The lowest BCUT2D eigenvalue weighted by molar-refractivity contribution is -0.114. The molecule has 0 atom stereocenters. The Morgan fingerprint density at radius 2 is 1.94 bits per heavy atom. The van der Waals surface area contributed by atoms with Crippen molar-refractivity contribution >= 4 is 17.7 Å². The molecule has 16 heavy (non-hydrogen) atoms. The molecule has 1 aromatic rings. The molecule has 0 aliphatic heterocycles. The highest BCUT2D eigenvalue weighted by molar-refractivity contribution is 5.91. The summed E-state index contributed by atoms with van der Waals surface area (Å²) in [5, 5.41) is 19.9. The highest BCUT2D eigenvalue weighted by Gasteiger charge is 2.02. The second kappa shape index (κ2) is 5.33. The summed E-state index contributed by atoms with van der Waals surface area (Å²) in [4.78, 5) is 10.9. The molecule has 1 rings (SSSR count). The standard InChI is InChI=1S/C12H9N3O/c1-9(16)15-12-5-3-2-4-11(12)6-10(7-13)8-14/h2-6H,1H3,(H,15,16). The van der Waals surface area contributed by atoms with Crippen molar-refractivity contribution in [1.29, 1.82) is 10.5 Å². The smallest absolute Gasteiger partial charge is 0.221 e. The van der Waals surface area contributed by atoms with Gasteiger partial charge in [-0.3, -0.25) is 4.79 Å². The van der Waals surface area contributed by atoms with Crippen LogP contribution in [0.4, 0.5) is 5.69 Å². The number of carbonyl (C=O) groups is 1. The first kappa shape index (κ1) is 11.5. The summed E-state index contributed by atoms with van der Waals surface area (Å²) in [6.07, 6.45) is 1.44. The van der Waals surface area contributed by atoms with Crippen molar-refractivity contribution in [2.75, 3.05) is 5.32 Å². The van der Waals surface area contributed by atoms with Crippen LogP contribution in [0.2, 0.25) is 0 Å². The molecule has 0 aliphatic rings. The van der Waals surface area contributed by atoms with Gasteiger partial charge >= 0.3 is 0 Å². The van der Waals surface area contributed by atoms with Gasteiger partial charge in [-0.25, -0.2) is 0 Å². The van der Waals surface area contributed by atoms with E-state index in [1.165, 1.54) is 13.0 Å². The predicted molar refractivity (Wildman–Crippen MR) is 59.9 cm³/mol. The van der Waals surface area contributed by atoms with Crippen molar-refractivity contribution in [2.45, 2.75) is 6.92 Å². The van der Waals surface area contributed by atoms with Crippen molar-refractivity contribution in [1.82, 2.24) is 0 Å². The number of benzene rings is 1. The Morgan fingerprint density at radius 3 is 2.50 bits per heavy atom. The summed E-state index contributed by atoms with van der Waals surface area (Å²) in [5.41, 5.74) is 1.21. The Morgan fingerprint density at radius 1 is 1.31 bits per heavy atom. The average Bonchev–Trinajstić information content (AvgIpc) is 2.27. The molecule has 1 aromatic carbocycles. The molecule has 1 N–H and O–H groups in total. The van der Waals surface area contributed by atoms with Crippen molar-refractivity contribution in [2.24, 2.45) is 0 Å². The van der Waals surface area contributed by atoms with E-state index in [4.69, 9.17) is 10.5 Å². The molecule has 0 unspecified atom stereocenters. The van der Waals surface area contributed by atoms with Gasteiger partial charge in [-0.15, -0.1) is 0 Å². The predicted octanol–water partition coefficient (Wildman–Crippen LogP) is 2.08. The number of nitrogens with zero attached hydrogens (tertiary/aromatic N) is 2. The van der Waals surface area contributed by atoms with Gasteiger partial charge in [0.15, 0.2) is 0 Å². The monoisotopic (exact) mass is 211 g/mol. The van der Waals surface area contributed by atoms with Crippen LogP contribution in [0.15, 0.2) is 29.8 Å². The zero-order valence-electron chi connectivity index (χ0n) is 8.69. The minimum Gasteiger partial charge on any atom is -0.326 e. The van der Waals surface area contributed by atoms with Gasteiger partial charge in [0.05, 0.1) is 0 Å². The number of nitriles is 2. The van der Waals surface area contributed by atoms with E-state index in [0.717, 1.165) is 0 Å². The van der Waals surface area contributed by atoms with E-state index < -0.39 is 0 Å². The van der Waals surface area contributed by atoms with Crippen molar-refractivity contribution in [3.63, 3.8) is 0 Å². The normalized spacial score (nSPS) is 8.44. The van der Waals surface area contributed by atoms with Gasteiger partial charge < -0.3 is 5.32 Å². The zero-order chi connectivity index (χ0) is 12.0. The summed E-state index contributed by atoms with van der Waals surface area (Å²) >= 11 is 0. The summed E-state index contributed by atoms with van der Waals surface area (Å²) in [7, 11) is 0. The number of anilines is 1. The molecule has 0 spiro atoms. The minimum atomic E-state index is -0.198. The van der Waals surface area contributed by atoms with Crippen molar-refractivity contribution in [3.8, 4) is 12.1 Å². The minimum absolute atomic E-state index is 0.00204. The van der Waals surface area contributed by atoms with E-state index in [1.54, 1.807) is 36.4 Å². The van der Waals surface area contributed by atoms with Gasteiger partial charge in [0.1, 0.15) is 17.7 Å². The zero-order valence-corrected chi connectivity index (χ0v) is 8.69. The highest BCUT2D eigenvalue weighted by atomic mass is 16.1. The van der Waals surface area contributed by atoms with Gasteiger partial charge in [-0.05, 0) is 12.1 Å². The summed E-state index contributed by atoms with van der Waals surface area (Å²) < 4.78 is 0. The number of rotatable bonds is 2. The Bertz CT molecular complexity index is 502. The number of carbonyl (C=O) groups excluding carboxylic acids is 1. The summed E-state index contributed by atoms with van der Waals surface area (Å²) in [6, 6.07) is 10.5.